The standard InChI is InChI=1S/C8H7NO/c1-2-6-4-7-5-9(3-1)8(6)10-7/h1-2,5H,3-4H2. The summed E-state index contributed by atoms with van der Waals surface area (Å²) in [5.74, 6) is 2.17. The molecule has 50 valence electrons. The molecule has 0 saturated carbocycles. The van der Waals surface area contributed by atoms with Crippen LogP contribution in [0.3, 0.4) is 0 Å². The third-order valence-corrected chi connectivity index (χ3v) is 2.05. The fraction of sp³-hybridized carbons (Fsp3) is 0.250. The van der Waals surface area contributed by atoms with Crippen molar-refractivity contribution >= 4 is 0 Å². The van der Waals surface area contributed by atoms with Crippen LogP contribution in [0.5, 0.6) is 0 Å². The van der Waals surface area contributed by atoms with Gasteiger partial charge in [0.15, 0.2) is 0 Å². The molecule has 2 bridgehead atoms. The molecule has 2 nitrogen and oxygen atoms in total. The molecule has 0 atom stereocenters. The molecule has 0 radical (unpaired) electrons. The number of nitrogens with zero attached hydrogens (tertiary/aromatic N) is 1. The molecule has 0 spiro atoms. The molecule has 3 aliphatic rings. The Kier molecular flexibility index (Phi) is 0.592. The maximum absolute atomic E-state index is 5.45. The van der Waals surface area contributed by atoms with Crippen molar-refractivity contribution in [3.8, 4) is 0 Å². The lowest BCUT2D eigenvalue weighted by Crippen LogP contribution is -2.17. The molecular weight excluding hydrogens is 126 g/mol. The zero-order valence-electron chi connectivity index (χ0n) is 5.50. The van der Waals surface area contributed by atoms with Crippen molar-refractivity contribution in [3.05, 3.63) is 35.6 Å². The summed E-state index contributed by atoms with van der Waals surface area (Å²) >= 11 is 0. The first-order valence-electron chi connectivity index (χ1n) is 3.48. The molecule has 0 fully saturated rings. The van der Waals surface area contributed by atoms with Crippen molar-refractivity contribution in [2.75, 3.05) is 6.54 Å². The van der Waals surface area contributed by atoms with Crippen LogP contribution in [-0.4, -0.2) is 11.4 Å². The summed E-state index contributed by atoms with van der Waals surface area (Å²) in [5.41, 5.74) is 1.34. The SMILES string of the molecule is C1=CC2=C3OC(=CN3C1)C2. The third kappa shape index (κ3) is 0.375. The average molecular weight is 133 g/mol. The fourth-order valence-electron chi connectivity index (χ4n) is 1.61. The first-order chi connectivity index (χ1) is 4.93. The second-order valence-electron chi connectivity index (χ2n) is 2.76. The maximum Gasteiger partial charge on any atom is 0.203 e. The van der Waals surface area contributed by atoms with Gasteiger partial charge in [0.2, 0.25) is 5.88 Å². The van der Waals surface area contributed by atoms with Gasteiger partial charge in [0.05, 0.1) is 0 Å². The van der Waals surface area contributed by atoms with E-state index in [1.807, 2.05) is 0 Å². The molecule has 0 N–H and O–H groups in total. The van der Waals surface area contributed by atoms with Gasteiger partial charge in [-0.05, 0) is 0 Å². The van der Waals surface area contributed by atoms with Gasteiger partial charge in [0.25, 0.3) is 0 Å². The number of hydrogen-bond acceptors (Lipinski definition) is 2. The van der Waals surface area contributed by atoms with E-state index in [-0.39, 0.29) is 0 Å². The van der Waals surface area contributed by atoms with Crippen LogP contribution in [0.15, 0.2) is 35.6 Å². The predicted octanol–water partition coefficient (Wildman–Crippen LogP) is 1.35. The lowest BCUT2D eigenvalue weighted by atomic mass is 10.1. The van der Waals surface area contributed by atoms with Crippen molar-refractivity contribution in [1.82, 2.24) is 4.90 Å². The Bertz CT molecular complexity index is 286. The van der Waals surface area contributed by atoms with Gasteiger partial charge in [-0.1, -0.05) is 12.2 Å². The number of ether oxygens (including phenoxy) is 1. The number of hydrogen-bond donors (Lipinski definition) is 0. The molecular formula is C8H7NO. The van der Waals surface area contributed by atoms with E-state index in [1.165, 1.54) is 5.57 Å². The Morgan fingerprint density at radius 2 is 2.50 bits per heavy atom. The van der Waals surface area contributed by atoms with Crippen molar-refractivity contribution in [2.45, 2.75) is 6.42 Å². The summed E-state index contributed by atoms with van der Waals surface area (Å²) < 4.78 is 5.45. The van der Waals surface area contributed by atoms with Crippen molar-refractivity contribution in [3.63, 3.8) is 0 Å². The van der Waals surface area contributed by atoms with Crippen molar-refractivity contribution < 1.29 is 4.74 Å². The Morgan fingerprint density at radius 1 is 1.50 bits per heavy atom. The molecule has 0 aliphatic carbocycles. The van der Waals surface area contributed by atoms with Gasteiger partial charge in [-0.25, -0.2) is 0 Å². The first-order valence-corrected chi connectivity index (χ1v) is 3.48. The van der Waals surface area contributed by atoms with Crippen LogP contribution in [0.2, 0.25) is 0 Å². The minimum absolute atomic E-state index is 0.975. The van der Waals surface area contributed by atoms with E-state index in [0.717, 1.165) is 24.6 Å². The van der Waals surface area contributed by atoms with Crippen molar-refractivity contribution in [1.29, 1.82) is 0 Å². The Morgan fingerprint density at radius 3 is 3.20 bits per heavy atom. The second kappa shape index (κ2) is 1.29. The van der Waals surface area contributed by atoms with Crippen LogP contribution >= 0.6 is 0 Å². The molecule has 0 unspecified atom stereocenters. The van der Waals surface area contributed by atoms with Gasteiger partial charge >= 0.3 is 0 Å². The molecule has 0 aromatic rings. The largest absolute Gasteiger partial charge is 0.443 e. The van der Waals surface area contributed by atoms with Crippen LogP contribution in [0.1, 0.15) is 6.42 Å². The quantitative estimate of drug-likeness (QED) is 0.494. The molecule has 0 amide bonds. The smallest absolute Gasteiger partial charge is 0.203 e. The van der Waals surface area contributed by atoms with Crippen LogP contribution in [0, 0.1) is 0 Å². The van der Waals surface area contributed by atoms with E-state index in [9.17, 15) is 0 Å². The van der Waals surface area contributed by atoms with E-state index < -0.39 is 0 Å². The van der Waals surface area contributed by atoms with Gasteiger partial charge in [0.1, 0.15) is 5.76 Å². The van der Waals surface area contributed by atoms with Crippen LogP contribution in [0.4, 0.5) is 0 Å². The van der Waals surface area contributed by atoms with Gasteiger partial charge in [-0.15, -0.1) is 0 Å². The number of allylic oxidation sites excluding steroid dienone is 2. The lowest BCUT2D eigenvalue weighted by molar-refractivity contribution is 0.272. The Balaban J connectivity index is 2.21. The Labute approximate surface area is 59.1 Å². The molecule has 3 aliphatic heterocycles. The molecule has 2 heteroatoms. The molecule has 10 heavy (non-hydrogen) atoms. The molecule has 0 aromatic carbocycles. The molecule has 0 aromatic heterocycles. The normalized spacial score (nSPS) is 25.6. The predicted molar refractivity (Wildman–Crippen MR) is 36.7 cm³/mol. The highest BCUT2D eigenvalue weighted by Crippen LogP contribution is 2.39. The summed E-state index contributed by atoms with van der Waals surface area (Å²) in [5, 5.41) is 0. The van der Waals surface area contributed by atoms with Gasteiger partial charge in [-0.2, -0.15) is 0 Å². The summed E-state index contributed by atoms with van der Waals surface area (Å²) in [7, 11) is 0. The van der Waals surface area contributed by atoms with E-state index >= 15 is 0 Å². The molecule has 3 rings (SSSR count). The average Bonchev–Trinajstić information content (AvgIpc) is 2.40. The summed E-state index contributed by atoms with van der Waals surface area (Å²) in [4.78, 5) is 2.15. The highest BCUT2D eigenvalue weighted by Gasteiger charge is 2.31. The minimum Gasteiger partial charge on any atom is -0.443 e. The van der Waals surface area contributed by atoms with Gasteiger partial charge in [-0.3, -0.25) is 0 Å². The first kappa shape index (κ1) is 4.61. The zero-order valence-corrected chi connectivity index (χ0v) is 5.50. The molecule has 0 saturated heterocycles. The molecule has 3 heterocycles. The highest BCUT2D eigenvalue weighted by atomic mass is 16.5. The van der Waals surface area contributed by atoms with Gasteiger partial charge in [0, 0.05) is 24.7 Å². The maximum atomic E-state index is 5.45. The fourth-order valence-corrected chi connectivity index (χ4v) is 1.61. The Hall–Kier alpha value is -1.18. The minimum atomic E-state index is 0.975. The van der Waals surface area contributed by atoms with Crippen LogP contribution in [-0.2, 0) is 4.74 Å². The summed E-state index contributed by atoms with van der Waals surface area (Å²) in [6, 6.07) is 0. The zero-order chi connectivity index (χ0) is 6.55. The van der Waals surface area contributed by atoms with E-state index in [2.05, 4.69) is 23.3 Å². The summed E-state index contributed by atoms with van der Waals surface area (Å²) in [6.45, 7) is 0.975. The second-order valence-corrected chi connectivity index (χ2v) is 2.76. The third-order valence-electron chi connectivity index (χ3n) is 2.05. The number of fused-ring (bicyclic) bond motifs is 1. The van der Waals surface area contributed by atoms with Crippen molar-refractivity contribution in [2.24, 2.45) is 0 Å². The van der Waals surface area contributed by atoms with E-state index in [1.54, 1.807) is 0 Å². The van der Waals surface area contributed by atoms with E-state index in [4.69, 9.17) is 4.74 Å². The monoisotopic (exact) mass is 133 g/mol. The van der Waals surface area contributed by atoms with Crippen LogP contribution in [0.25, 0.3) is 0 Å². The number of rotatable bonds is 0. The van der Waals surface area contributed by atoms with Gasteiger partial charge < -0.3 is 9.64 Å². The lowest BCUT2D eigenvalue weighted by Gasteiger charge is -2.18. The van der Waals surface area contributed by atoms with E-state index in [0.29, 0.717) is 0 Å². The highest BCUT2D eigenvalue weighted by molar-refractivity contribution is 5.39. The van der Waals surface area contributed by atoms with Crippen LogP contribution < -0.4 is 0 Å². The summed E-state index contributed by atoms with van der Waals surface area (Å²) in [6.07, 6.45) is 7.41. The topological polar surface area (TPSA) is 12.5 Å².